The molecule has 0 fully saturated rings. The van der Waals surface area contributed by atoms with Crippen molar-refractivity contribution in [3.63, 3.8) is 0 Å². The minimum atomic E-state index is 0.0323. The van der Waals surface area contributed by atoms with Gasteiger partial charge >= 0.3 is 0 Å². The van der Waals surface area contributed by atoms with Gasteiger partial charge in [-0.25, -0.2) is 0 Å². The first-order valence-corrected chi connectivity index (χ1v) is 11.2. The second kappa shape index (κ2) is 6.93. The number of hydrogen-bond acceptors (Lipinski definition) is 2. The molecular formula is C30H25NO. The van der Waals surface area contributed by atoms with Crippen LogP contribution in [0.15, 0.2) is 100 Å². The molecule has 1 aromatic heterocycles. The molecule has 0 spiro atoms. The topological polar surface area (TPSA) is 25.5 Å². The highest BCUT2D eigenvalue weighted by Gasteiger charge is 2.34. The van der Waals surface area contributed by atoms with Crippen molar-refractivity contribution in [2.75, 3.05) is 0 Å². The van der Waals surface area contributed by atoms with Gasteiger partial charge in [0.25, 0.3) is 0 Å². The maximum Gasteiger partial charge on any atom is 0.144 e. The zero-order chi connectivity index (χ0) is 21.9. The molecule has 1 unspecified atom stereocenters. The van der Waals surface area contributed by atoms with Crippen LogP contribution in [-0.2, 0) is 5.41 Å². The summed E-state index contributed by atoms with van der Waals surface area (Å²) in [6, 6.07) is 32.0. The van der Waals surface area contributed by atoms with Crippen molar-refractivity contribution in [1.29, 1.82) is 0 Å². The molecule has 6 rings (SSSR count). The summed E-state index contributed by atoms with van der Waals surface area (Å²) in [4.78, 5) is 5.18. The third kappa shape index (κ3) is 2.83. The fraction of sp³-hybridized carbons (Fsp3) is 0.167. The number of furan rings is 1. The Bertz CT molecular complexity index is 1510. The van der Waals surface area contributed by atoms with E-state index in [-0.39, 0.29) is 11.3 Å². The first kappa shape index (κ1) is 19.1. The quantitative estimate of drug-likeness (QED) is 0.285. The summed E-state index contributed by atoms with van der Waals surface area (Å²) >= 11 is 0. The Balaban J connectivity index is 1.64. The maximum atomic E-state index is 6.40. The van der Waals surface area contributed by atoms with Gasteiger partial charge in [-0.2, -0.15) is 0 Å². The minimum Gasteiger partial charge on any atom is -0.455 e. The summed E-state index contributed by atoms with van der Waals surface area (Å²) in [5, 5.41) is 2.28. The molecule has 2 nitrogen and oxygen atoms in total. The van der Waals surface area contributed by atoms with E-state index >= 15 is 0 Å². The highest BCUT2D eigenvalue weighted by molar-refractivity contribution is 6.20. The van der Waals surface area contributed by atoms with Gasteiger partial charge in [-0.05, 0) is 40.3 Å². The number of rotatable bonds is 2. The van der Waals surface area contributed by atoms with E-state index < -0.39 is 0 Å². The summed E-state index contributed by atoms with van der Waals surface area (Å²) in [5.74, 6) is 0.0698. The van der Waals surface area contributed by atoms with E-state index in [4.69, 9.17) is 9.41 Å². The lowest BCUT2D eigenvalue weighted by Crippen LogP contribution is -2.20. The highest BCUT2D eigenvalue weighted by Crippen LogP contribution is 2.46. The van der Waals surface area contributed by atoms with Crippen molar-refractivity contribution < 1.29 is 4.42 Å². The predicted octanol–water partition coefficient (Wildman–Crippen LogP) is 8.15. The van der Waals surface area contributed by atoms with Crippen LogP contribution in [0.4, 0.5) is 5.69 Å². The first-order valence-electron chi connectivity index (χ1n) is 11.2. The van der Waals surface area contributed by atoms with Gasteiger partial charge < -0.3 is 4.42 Å². The number of benzene rings is 4. The Hall–Kier alpha value is -3.65. The average Bonchev–Trinajstić information content (AvgIpc) is 3.37. The Morgan fingerprint density at radius 3 is 2.22 bits per heavy atom. The monoisotopic (exact) mass is 415 g/mol. The zero-order valence-corrected chi connectivity index (χ0v) is 18.6. The van der Waals surface area contributed by atoms with Gasteiger partial charge in [0, 0.05) is 16.3 Å². The van der Waals surface area contributed by atoms with Crippen LogP contribution in [0.2, 0.25) is 0 Å². The molecule has 156 valence electrons. The van der Waals surface area contributed by atoms with Gasteiger partial charge in [-0.1, -0.05) is 93.6 Å². The summed E-state index contributed by atoms with van der Waals surface area (Å²) in [6.45, 7) is 6.84. The molecule has 0 aliphatic carbocycles. The highest BCUT2D eigenvalue weighted by atomic mass is 16.3. The van der Waals surface area contributed by atoms with Crippen LogP contribution in [0.3, 0.4) is 0 Å². The molecule has 2 heteroatoms. The Morgan fingerprint density at radius 1 is 0.688 bits per heavy atom. The number of nitrogens with zero attached hydrogens (tertiary/aromatic N) is 1. The predicted molar refractivity (Wildman–Crippen MR) is 133 cm³/mol. The molecule has 0 radical (unpaired) electrons. The van der Waals surface area contributed by atoms with Crippen LogP contribution in [0.5, 0.6) is 0 Å². The van der Waals surface area contributed by atoms with Crippen molar-refractivity contribution in [2.45, 2.75) is 32.1 Å². The van der Waals surface area contributed by atoms with E-state index in [1.807, 2.05) is 12.1 Å². The smallest absolute Gasteiger partial charge is 0.144 e. The molecule has 4 aromatic carbocycles. The minimum absolute atomic E-state index is 0.0323. The Kier molecular flexibility index (Phi) is 4.13. The fourth-order valence-electron chi connectivity index (χ4n) is 5.09. The molecular weight excluding hydrogens is 390 g/mol. The maximum absolute atomic E-state index is 6.40. The normalized spacial score (nSPS) is 15.8. The largest absolute Gasteiger partial charge is 0.455 e. The SMILES string of the molecule is CC(C)(C)c1ccccc1C1C(c2cccc3c2oc2ccccc23)=Nc2ccccc21. The summed E-state index contributed by atoms with van der Waals surface area (Å²) < 4.78 is 6.40. The van der Waals surface area contributed by atoms with Crippen LogP contribution in [0.25, 0.3) is 21.9 Å². The van der Waals surface area contributed by atoms with Gasteiger partial charge in [-0.3, -0.25) is 4.99 Å². The lowest BCUT2D eigenvalue weighted by molar-refractivity contribution is 0.583. The molecule has 5 aromatic rings. The second-order valence-electron chi connectivity index (χ2n) is 9.61. The van der Waals surface area contributed by atoms with E-state index in [2.05, 4.69) is 99.6 Å². The van der Waals surface area contributed by atoms with Crippen LogP contribution in [-0.4, -0.2) is 5.71 Å². The van der Waals surface area contributed by atoms with E-state index in [0.717, 1.165) is 38.9 Å². The molecule has 1 atom stereocenters. The van der Waals surface area contributed by atoms with Gasteiger partial charge in [0.15, 0.2) is 0 Å². The third-order valence-electron chi connectivity index (χ3n) is 6.52. The van der Waals surface area contributed by atoms with Crippen molar-refractivity contribution >= 4 is 33.3 Å². The standard InChI is InChI=1S/C30H25NO/c1-30(2,3)24-16-7-4-12-21(24)27-22-13-5-8-17-25(22)31-28(27)23-15-10-14-20-19-11-6-9-18-26(19)32-29(20)23/h4-18,27H,1-3H3. The first-order chi connectivity index (χ1) is 15.5. The van der Waals surface area contributed by atoms with Crippen molar-refractivity contribution in [2.24, 2.45) is 4.99 Å². The molecule has 1 aliphatic rings. The number of aliphatic imine (C=N–C) groups is 1. The molecule has 0 saturated carbocycles. The molecule has 2 heterocycles. The Labute approximate surface area is 188 Å². The summed E-state index contributed by atoms with van der Waals surface area (Å²) in [7, 11) is 0. The number of para-hydroxylation sites is 3. The Morgan fingerprint density at radius 2 is 1.38 bits per heavy atom. The van der Waals surface area contributed by atoms with Gasteiger partial charge in [0.2, 0.25) is 0 Å². The van der Waals surface area contributed by atoms with E-state index in [0.29, 0.717) is 0 Å². The lowest BCUT2D eigenvalue weighted by atomic mass is 9.76. The van der Waals surface area contributed by atoms with Crippen LogP contribution in [0, 0.1) is 0 Å². The lowest BCUT2D eigenvalue weighted by Gasteiger charge is -2.27. The van der Waals surface area contributed by atoms with Crippen LogP contribution in [0.1, 0.15) is 48.9 Å². The molecule has 0 amide bonds. The van der Waals surface area contributed by atoms with Crippen LogP contribution >= 0.6 is 0 Å². The van der Waals surface area contributed by atoms with Gasteiger partial charge in [0.1, 0.15) is 11.2 Å². The van der Waals surface area contributed by atoms with Gasteiger partial charge in [-0.15, -0.1) is 0 Å². The number of fused-ring (bicyclic) bond motifs is 4. The van der Waals surface area contributed by atoms with E-state index in [9.17, 15) is 0 Å². The van der Waals surface area contributed by atoms with E-state index in [1.165, 1.54) is 16.7 Å². The second-order valence-corrected chi connectivity index (χ2v) is 9.61. The zero-order valence-electron chi connectivity index (χ0n) is 18.6. The molecule has 0 bridgehead atoms. The average molecular weight is 416 g/mol. The number of hydrogen-bond donors (Lipinski definition) is 0. The molecule has 32 heavy (non-hydrogen) atoms. The van der Waals surface area contributed by atoms with Crippen molar-refractivity contribution in [3.8, 4) is 0 Å². The van der Waals surface area contributed by atoms with Crippen molar-refractivity contribution in [3.05, 3.63) is 113 Å². The third-order valence-corrected chi connectivity index (χ3v) is 6.52. The van der Waals surface area contributed by atoms with Crippen molar-refractivity contribution in [1.82, 2.24) is 0 Å². The van der Waals surface area contributed by atoms with E-state index in [1.54, 1.807) is 0 Å². The summed E-state index contributed by atoms with van der Waals surface area (Å²) in [5.41, 5.74) is 8.97. The summed E-state index contributed by atoms with van der Waals surface area (Å²) in [6.07, 6.45) is 0. The molecule has 0 N–H and O–H groups in total. The molecule has 0 saturated heterocycles. The van der Waals surface area contributed by atoms with Gasteiger partial charge in [0.05, 0.1) is 17.3 Å². The van der Waals surface area contributed by atoms with Crippen LogP contribution < -0.4 is 0 Å². The fourth-order valence-corrected chi connectivity index (χ4v) is 5.09. The molecule has 1 aliphatic heterocycles.